The van der Waals surface area contributed by atoms with Gasteiger partial charge in [-0.3, -0.25) is 0 Å². The summed E-state index contributed by atoms with van der Waals surface area (Å²) in [6, 6.07) is 0.666. The van der Waals surface area contributed by atoms with E-state index < -0.39 is 0 Å². The van der Waals surface area contributed by atoms with E-state index in [2.05, 4.69) is 26.1 Å². The van der Waals surface area contributed by atoms with Crippen molar-refractivity contribution in [2.45, 2.75) is 46.1 Å². The molecule has 1 rings (SSSR count). The Morgan fingerprint density at radius 3 is 2.77 bits per heavy atom. The quantitative estimate of drug-likeness (QED) is 0.739. The number of rotatable bonds is 3. The Morgan fingerprint density at radius 1 is 1.62 bits per heavy atom. The van der Waals surface area contributed by atoms with Crippen LogP contribution in [0.3, 0.4) is 0 Å². The van der Waals surface area contributed by atoms with Crippen LogP contribution >= 0.6 is 11.6 Å². The summed E-state index contributed by atoms with van der Waals surface area (Å²) in [7, 11) is 0. The van der Waals surface area contributed by atoms with Crippen LogP contribution in [0.5, 0.6) is 0 Å². The zero-order valence-electron chi connectivity index (χ0n) is 8.86. The van der Waals surface area contributed by atoms with E-state index in [1.807, 2.05) is 0 Å². The smallest absolute Gasteiger partial charge is 0.0176 e. The summed E-state index contributed by atoms with van der Waals surface area (Å²) in [6.45, 7) is 7.67. The van der Waals surface area contributed by atoms with Crippen LogP contribution in [0.15, 0.2) is 11.1 Å². The van der Waals surface area contributed by atoms with Crippen molar-refractivity contribution in [1.29, 1.82) is 0 Å². The van der Waals surface area contributed by atoms with Crippen molar-refractivity contribution in [2.24, 2.45) is 5.41 Å². The van der Waals surface area contributed by atoms with Gasteiger partial charge in [-0.2, -0.15) is 0 Å². The van der Waals surface area contributed by atoms with E-state index in [1.54, 1.807) is 5.54 Å². The van der Waals surface area contributed by atoms with Crippen LogP contribution < -0.4 is 5.32 Å². The first-order chi connectivity index (χ1) is 6.06. The Hall–Kier alpha value is -0.0100. The third-order valence-electron chi connectivity index (χ3n) is 3.07. The zero-order valence-corrected chi connectivity index (χ0v) is 9.62. The van der Waals surface area contributed by atoms with Crippen molar-refractivity contribution >= 4 is 11.6 Å². The lowest BCUT2D eigenvalue weighted by molar-refractivity contribution is 0.290. The van der Waals surface area contributed by atoms with E-state index in [-0.39, 0.29) is 0 Å². The average molecular weight is 202 g/mol. The third kappa shape index (κ3) is 2.99. The van der Waals surface area contributed by atoms with Gasteiger partial charge in [-0.05, 0) is 30.8 Å². The van der Waals surface area contributed by atoms with Gasteiger partial charge < -0.3 is 5.32 Å². The second kappa shape index (κ2) is 4.47. The van der Waals surface area contributed by atoms with E-state index in [9.17, 15) is 0 Å². The molecule has 1 atom stereocenters. The summed E-state index contributed by atoms with van der Waals surface area (Å²) < 4.78 is 0. The molecule has 0 radical (unpaired) electrons. The average Bonchev–Trinajstić information content (AvgIpc) is 2.41. The summed E-state index contributed by atoms with van der Waals surface area (Å²) in [6.07, 6.45) is 4.01. The van der Waals surface area contributed by atoms with Gasteiger partial charge in [-0.1, -0.05) is 31.9 Å². The van der Waals surface area contributed by atoms with Gasteiger partial charge in [0.1, 0.15) is 0 Å². The van der Waals surface area contributed by atoms with E-state index in [0.717, 1.165) is 6.54 Å². The SMILES string of the molecule is CC(=CCl)CNC1CCCC1(C)C. The summed E-state index contributed by atoms with van der Waals surface area (Å²) in [5.74, 6) is 0. The van der Waals surface area contributed by atoms with Crippen LogP contribution in [0.25, 0.3) is 0 Å². The van der Waals surface area contributed by atoms with E-state index in [1.165, 1.54) is 24.8 Å². The minimum absolute atomic E-state index is 0.465. The van der Waals surface area contributed by atoms with Crippen molar-refractivity contribution in [3.63, 3.8) is 0 Å². The molecule has 76 valence electrons. The predicted molar refractivity (Wildman–Crippen MR) is 59.0 cm³/mol. The molecule has 1 unspecified atom stereocenters. The lowest BCUT2D eigenvalue weighted by Gasteiger charge is -2.28. The highest BCUT2D eigenvalue weighted by Crippen LogP contribution is 2.37. The standard InChI is InChI=1S/C11H20ClN/c1-9(7-12)8-13-10-5-4-6-11(10,2)3/h7,10,13H,4-6,8H2,1-3H3. The highest BCUT2D eigenvalue weighted by molar-refractivity contribution is 6.25. The van der Waals surface area contributed by atoms with Crippen LogP contribution in [0.2, 0.25) is 0 Å². The fourth-order valence-electron chi connectivity index (χ4n) is 2.03. The minimum Gasteiger partial charge on any atom is -0.310 e. The molecular formula is C11H20ClN. The molecule has 2 heteroatoms. The Bertz CT molecular complexity index is 196. The van der Waals surface area contributed by atoms with Crippen molar-refractivity contribution < 1.29 is 0 Å². The largest absolute Gasteiger partial charge is 0.310 e. The summed E-state index contributed by atoms with van der Waals surface area (Å²) in [5, 5.41) is 3.57. The summed E-state index contributed by atoms with van der Waals surface area (Å²) in [4.78, 5) is 0. The minimum atomic E-state index is 0.465. The van der Waals surface area contributed by atoms with Crippen molar-refractivity contribution in [2.75, 3.05) is 6.54 Å². The first-order valence-corrected chi connectivity index (χ1v) is 5.49. The molecule has 1 fully saturated rings. The molecule has 0 aromatic carbocycles. The molecule has 1 nitrogen and oxygen atoms in total. The molecule has 1 N–H and O–H groups in total. The number of hydrogen-bond donors (Lipinski definition) is 1. The van der Waals surface area contributed by atoms with E-state index >= 15 is 0 Å². The maximum Gasteiger partial charge on any atom is 0.0176 e. The third-order valence-corrected chi connectivity index (χ3v) is 3.44. The van der Waals surface area contributed by atoms with Gasteiger partial charge in [0.15, 0.2) is 0 Å². The predicted octanol–water partition coefficient (Wildman–Crippen LogP) is 3.30. The van der Waals surface area contributed by atoms with Crippen molar-refractivity contribution in [3.05, 3.63) is 11.1 Å². The molecule has 1 aliphatic carbocycles. The Kier molecular flexibility index (Phi) is 3.81. The van der Waals surface area contributed by atoms with E-state index in [0.29, 0.717) is 11.5 Å². The molecule has 0 aliphatic heterocycles. The summed E-state index contributed by atoms with van der Waals surface area (Å²) in [5.41, 5.74) is 3.34. The lowest BCUT2D eigenvalue weighted by atomic mass is 9.87. The monoisotopic (exact) mass is 201 g/mol. The Morgan fingerprint density at radius 2 is 2.31 bits per heavy atom. The van der Waals surface area contributed by atoms with Crippen LogP contribution in [-0.4, -0.2) is 12.6 Å². The molecular weight excluding hydrogens is 182 g/mol. The molecule has 0 amide bonds. The normalized spacial score (nSPS) is 28.0. The second-order valence-corrected chi connectivity index (χ2v) is 4.99. The molecule has 0 spiro atoms. The lowest BCUT2D eigenvalue weighted by Crippen LogP contribution is -2.38. The molecule has 0 aromatic rings. The maximum atomic E-state index is 5.61. The van der Waals surface area contributed by atoms with Crippen LogP contribution in [0.4, 0.5) is 0 Å². The van der Waals surface area contributed by atoms with Crippen LogP contribution in [0, 0.1) is 5.41 Å². The molecule has 0 bridgehead atoms. The maximum absolute atomic E-state index is 5.61. The van der Waals surface area contributed by atoms with Crippen molar-refractivity contribution in [3.8, 4) is 0 Å². The van der Waals surface area contributed by atoms with Gasteiger partial charge in [0, 0.05) is 18.1 Å². The van der Waals surface area contributed by atoms with Gasteiger partial charge >= 0.3 is 0 Å². The fraction of sp³-hybridized carbons (Fsp3) is 0.818. The van der Waals surface area contributed by atoms with Crippen LogP contribution in [0.1, 0.15) is 40.0 Å². The highest BCUT2D eigenvalue weighted by Gasteiger charge is 2.33. The second-order valence-electron chi connectivity index (χ2n) is 4.77. The van der Waals surface area contributed by atoms with Crippen LogP contribution in [-0.2, 0) is 0 Å². The fourth-order valence-corrected chi connectivity index (χ4v) is 2.11. The Balaban J connectivity index is 2.37. The first kappa shape index (κ1) is 11.1. The molecule has 1 saturated carbocycles. The summed E-state index contributed by atoms with van der Waals surface area (Å²) >= 11 is 5.61. The molecule has 0 saturated heterocycles. The Labute approximate surface area is 86.5 Å². The molecule has 1 aliphatic rings. The van der Waals surface area contributed by atoms with Gasteiger partial charge in [-0.25, -0.2) is 0 Å². The molecule has 0 heterocycles. The number of halogens is 1. The molecule has 13 heavy (non-hydrogen) atoms. The van der Waals surface area contributed by atoms with Gasteiger partial charge in [0.25, 0.3) is 0 Å². The van der Waals surface area contributed by atoms with Gasteiger partial charge in [0.05, 0.1) is 0 Å². The van der Waals surface area contributed by atoms with E-state index in [4.69, 9.17) is 11.6 Å². The van der Waals surface area contributed by atoms with Crippen molar-refractivity contribution in [1.82, 2.24) is 5.32 Å². The number of nitrogens with one attached hydrogen (secondary N) is 1. The first-order valence-electron chi connectivity index (χ1n) is 5.05. The highest BCUT2D eigenvalue weighted by atomic mass is 35.5. The topological polar surface area (TPSA) is 12.0 Å². The zero-order chi connectivity index (χ0) is 9.90. The van der Waals surface area contributed by atoms with Gasteiger partial charge in [0.2, 0.25) is 0 Å². The van der Waals surface area contributed by atoms with Gasteiger partial charge in [-0.15, -0.1) is 0 Å². The number of hydrogen-bond acceptors (Lipinski definition) is 1. The molecule has 0 aromatic heterocycles.